The van der Waals surface area contributed by atoms with Crippen LogP contribution in [0.3, 0.4) is 0 Å². The lowest BCUT2D eigenvalue weighted by atomic mass is 9.54. The number of rotatable bonds is 9. The van der Waals surface area contributed by atoms with Gasteiger partial charge in [-0.15, -0.1) is 0 Å². The first-order valence-electron chi connectivity index (χ1n) is 27.2. The van der Waals surface area contributed by atoms with Crippen molar-refractivity contribution in [2.75, 3.05) is 0 Å². The zero-order chi connectivity index (χ0) is 54.5. The molecule has 7 aromatic rings. The predicted molar refractivity (Wildman–Crippen MR) is 302 cm³/mol. The second-order valence-corrected chi connectivity index (χ2v) is 22.7. The number of phenols is 8. The van der Waals surface area contributed by atoms with Crippen LogP contribution in [0.25, 0.3) is 0 Å². The van der Waals surface area contributed by atoms with Crippen molar-refractivity contribution >= 4 is 0 Å². The van der Waals surface area contributed by atoms with E-state index < -0.39 is 0 Å². The number of fused-ring (bicyclic) bond motifs is 4. The van der Waals surface area contributed by atoms with Gasteiger partial charge in [0.25, 0.3) is 0 Å². The molecule has 398 valence electrons. The quantitative estimate of drug-likeness (QED) is 0.0701. The second kappa shape index (κ2) is 21.4. The summed E-state index contributed by atoms with van der Waals surface area (Å²) in [4.78, 5) is 0. The summed E-state index contributed by atoms with van der Waals surface area (Å²) in [5.41, 5.74) is 16.7. The maximum absolute atomic E-state index is 11.6. The minimum atomic E-state index is -0.0281. The third-order valence-electron chi connectivity index (χ3n) is 17.6. The lowest BCUT2D eigenvalue weighted by molar-refractivity contribution is -0.0161. The summed E-state index contributed by atoms with van der Waals surface area (Å²) < 4.78 is 6.73. The maximum Gasteiger partial charge on any atom is 0.130 e. The van der Waals surface area contributed by atoms with Crippen LogP contribution in [0.15, 0.2) is 84.9 Å². The molecule has 0 saturated heterocycles. The van der Waals surface area contributed by atoms with E-state index in [-0.39, 0.29) is 63.4 Å². The maximum atomic E-state index is 11.6. The van der Waals surface area contributed by atoms with E-state index in [4.69, 9.17) is 4.74 Å². The van der Waals surface area contributed by atoms with Crippen LogP contribution in [0.2, 0.25) is 0 Å². The highest BCUT2D eigenvalue weighted by molar-refractivity contribution is 5.59. The Morgan fingerprint density at radius 1 is 0.421 bits per heavy atom. The molecular formula is C67H76O9. The highest BCUT2D eigenvalue weighted by atomic mass is 16.5. The van der Waals surface area contributed by atoms with Gasteiger partial charge in [0.2, 0.25) is 0 Å². The molecule has 0 aromatic heterocycles. The molecule has 2 saturated carbocycles. The molecule has 0 amide bonds. The van der Waals surface area contributed by atoms with Crippen molar-refractivity contribution in [3.8, 4) is 51.7 Å². The standard InChI is InChI=1S/C41H44O5.C26H32O4/c1-22-8-10-37(42)31(12-22)20-35-27(6)29(16-25(4)39(35)44)18-33-14-24(3)15-34(41(33)46)19-30-17-26(5)40(45)36(28(30)7)21-32-13-23(2)9-11-38(32)43;1-15-21(27)11-9-17(23(15)29)18-7-6-8-19-25(18)30-24-16(2)22(28)12-10-20(24)26(19)13-4-3-5-14-26/h8-17,42-46H,18-21H2,1-7H3;9-12,18-19,25,27-29H,3-8,13-14H2,1-2H3. The Morgan fingerprint density at radius 2 is 0.908 bits per heavy atom. The van der Waals surface area contributed by atoms with Gasteiger partial charge in [0.05, 0.1) is 0 Å². The predicted octanol–water partition coefficient (Wildman–Crippen LogP) is 14.7. The van der Waals surface area contributed by atoms with Gasteiger partial charge in [-0.3, -0.25) is 0 Å². The van der Waals surface area contributed by atoms with E-state index >= 15 is 0 Å². The van der Waals surface area contributed by atoms with E-state index in [1.54, 1.807) is 25.1 Å². The molecule has 1 spiro atoms. The molecule has 0 radical (unpaired) electrons. The first-order chi connectivity index (χ1) is 36.2. The van der Waals surface area contributed by atoms with Crippen molar-refractivity contribution in [3.63, 3.8) is 0 Å². The summed E-state index contributed by atoms with van der Waals surface area (Å²) in [6.45, 7) is 17.4. The zero-order valence-corrected chi connectivity index (χ0v) is 45.8. The van der Waals surface area contributed by atoms with Gasteiger partial charge in [0.15, 0.2) is 0 Å². The van der Waals surface area contributed by atoms with Gasteiger partial charge in [-0.25, -0.2) is 0 Å². The van der Waals surface area contributed by atoms with E-state index in [0.717, 1.165) is 120 Å². The highest BCUT2D eigenvalue weighted by Crippen LogP contribution is 2.60. The van der Waals surface area contributed by atoms with E-state index in [2.05, 4.69) is 6.07 Å². The second-order valence-electron chi connectivity index (χ2n) is 22.7. The molecule has 9 nitrogen and oxygen atoms in total. The number of hydrogen-bond acceptors (Lipinski definition) is 9. The van der Waals surface area contributed by atoms with Crippen molar-refractivity contribution < 1.29 is 45.6 Å². The minimum Gasteiger partial charge on any atom is -0.508 e. The summed E-state index contributed by atoms with van der Waals surface area (Å²) in [5, 5.41) is 86.0. The SMILES string of the molecule is Cc1c(O)ccc(C2CCCC3C2Oc2c(ccc(O)c2C)C32CCCCC2)c1O.Cc1ccc(O)c(Cc2c(C)c(Cc3cc(C)cc(Cc4cc(C)c(O)c(Cc5cc(C)ccc5O)c4C)c3O)cc(C)c2O)c1. The van der Waals surface area contributed by atoms with Crippen LogP contribution in [0.1, 0.15) is 163 Å². The molecule has 0 bridgehead atoms. The fourth-order valence-corrected chi connectivity index (χ4v) is 13.2. The van der Waals surface area contributed by atoms with Crippen molar-refractivity contribution in [2.24, 2.45) is 5.92 Å². The molecule has 9 heteroatoms. The first-order valence-corrected chi connectivity index (χ1v) is 27.2. The van der Waals surface area contributed by atoms with Gasteiger partial charge in [0, 0.05) is 76.3 Å². The molecular weight excluding hydrogens is 949 g/mol. The lowest BCUT2D eigenvalue weighted by Crippen LogP contribution is -2.53. The van der Waals surface area contributed by atoms with Gasteiger partial charge < -0.3 is 45.6 Å². The molecule has 1 aliphatic heterocycles. The van der Waals surface area contributed by atoms with Crippen LogP contribution in [-0.2, 0) is 31.1 Å². The molecule has 3 aliphatic rings. The monoisotopic (exact) mass is 1020 g/mol. The normalized spacial score (nSPS) is 17.6. The molecule has 10 rings (SSSR count). The van der Waals surface area contributed by atoms with E-state index in [1.165, 1.54) is 37.7 Å². The largest absolute Gasteiger partial charge is 0.508 e. The summed E-state index contributed by atoms with van der Waals surface area (Å²) in [7, 11) is 0. The molecule has 76 heavy (non-hydrogen) atoms. The molecule has 3 atom stereocenters. The van der Waals surface area contributed by atoms with E-state index in [9.17, 15) is 40.9 Å². The van der Waals surface area contributed by atoms with Crippen molar-refractivity contribution in [2.45, 2.75) is 157 Å². The van der Waals surface area contributed by atoms with Gasteiger partial charge in [0.1, 0.15) is 57.8 Å². The minimum absolute atomic E-state index is 0.0281. The summed E-state index contributed by atoms with van der Waals surface area (Å²) in [5.74, 6) is 3.04. The summed E-state index contributed by atoms with van der Waals surface area (Å²) >= 11 is 0. The molecule has 2 aliphatic carbocycles. The summed E-state index contributed by atoms with van der Waals surface area (Å²) in [6.07, 6.45) is 11.0. The number of hydrogen-bond donors (Lipinski definition) is 8. The van der Waals surface area contributed by atoms with Crippen LogP contribution in [0.4, 0.5) is 0 Å². The van der Waals surface area contributed by atoms with Crippen molar-refractivity contribution in [1.29, 1.82) is 0 Å². The third-order valence-corrected chi connectivity index (χ3v) is 17.6. The molecule has 8 N–H and O–H groups in total. The first kappa shape index (κ1) is 53.6. The van der Waals surface area contributed by atoms with Crippen molar-refractivity contribution in [3.05, 3.63) is 191 Å². The van der Waals surface area contributed by atoms with Crippen LogP contribution in [-0.4, -0.2) is 47.0 Å². The fourth-order valence-electron chi connectivity index (χ4n) is 13.2. The van der Waals surface area contributed by atoms with Crippen LogP contribution >= 0.6 is 0 Å². The average Bonchev–Trinajstić information content (AvgIpc) is 3.46. The third kappa shape index (κ3) is 10.1. The number of aryl methyl sites for hydroxylation is 5. The van der Waals surface area contributed by atoms with E-state index in [0.29, 0.717) is 37.2 Å². The number of benzene rings is 7. The lowest BCUT2D eigenvalue weighted by Gasteiger charge is -2.55. The molecule has 1 heterocycles. The summed E-state index contributed by atoms with van der Waals surface area (Å²) in [6, 6.07) is 26.5. The Kier molecular flexibility index (Phi) is 15.1. The zero-order valence-electron chi connectivity index (χ0n) is 45.8. The Balaban J connectivity index is 0.000000202. The number of aromatic hydroxyl groups is 8. The van der Waals surface area contributed by atoms with Crippen LogP contribution < -0.4 is 4.74 Å². The van der Waals surface area contributed by atoms with Crippen LogP contribution in [0, 0.1) is 68.2 Å². The number of phenolic OH excluding ortho intramolecular Hbond substituents is 8. The molecule has 3 unspecified atom stereocenters. The Bertz CT molecular complexity index is 3220. The number of ether oxygens (including phenoxy) is 1. The Morgan fingerprint density at radius 3 is 1.45 bits per heavy atom. The molecule has 7 aromatic carbocycles. The molecule has 2 fully saturated rings. The van der Waals surface area contributed by atoms with E-state index in [1.807, 2.05) is 116 Å². The van der Waals surface area contributed by atoms with Gasteiger partial charge in [-0.1, -0.05) is 103 Å². The Labute approximate surface area is 448 Å². The average molecular weight is 1030 g/mol. The fraction of sp³-hybridized carbons (Fsp3) is 0.373. The van der Waals surface area contributed by atoms with Crippen LogP contribution in [0.5, 0.6) is 51.7 Å². The Hall–Kier alpha value is -7.26. The van der Waals surface area contributed by atoms with Gasteiger partial charge in [-0.05, 0) is 168 Å². The van der Waals surface area contributed by atoms with Crippen molar-refractivity contribution in [1.82, 2.24) is 0 Å². The highest BCUT2D eigenvalue weighted by Gasteiger charge is 2.54. The topological polar surface area (TPSA) is 171 Å². The smallest absolute Gasteiger partial charge is 0.130 e. The van der Waals surface area contributed by atoms with Gasteiger partial charge in [-0.2, -0.15) is 0 Å². The van der Waals surface area contributed by atoms with Gasteiger partial charge >= 0.3 is 0 Å².